The van der Waals surface area contributed by atoms with Crippen molar-refractivity contribution in [3.05, 3.63) is 75.0 Å². The van der Waals surface area contributed by atoms with Crippen LogP contribution >= 0.6 is 11.3 Å². The minimum Gasteiger partial charge on any atom is -0.497 e. The Balaban J connectivity index is 1.81. The number of amides is 2. The SMILES string of the molecule is COc1ccc(N2C(=O)CC(N(Cc3cccs3)S(=O)(=O)c3c(C)c(C)cc(C)c3C)C2=O)cc1. The van der Waals surface area contributed by atoms with Crippen LogP contribution in [0.3, 0.4) is 0 Å². The second kappa shape index (κ2) is 9.56. The fourth-order valence-electron chi connectivity index (χ4n) is 4.45. The molecule has 0 radical (unpaired) electrons. The lowest BCUT2D eigenvalue weighted by Crippen LogP contribution is -2.45. The third-order valence-corrected chi connectivity index (χ3v) is 9.55. The smallest absolute Gasteiger partial charge is 0.252 e. The molecule has 4 rings (SSSR count). The van der Waals surface area contributed by atoms with Crippen LogP contribution in [0.5, 0.6) is 5.75 Å². The first-order chi connectivity index (χ1) is 16.6. The summed E-state index contributed by atoms with van der Waals surface area (Å²) in [7, 11) is -2.59. The molecule has 7 nitrogen and oxygen atoms in total. The number of benzene rings is 2. The Kier molecular flexibility index (Phi) is 6.86. The highest BCUT2D eigenvalue weighted by Crippen LogP contribution is 2.35. The highest BCUT2D eigenvalue weighted by molar-refractivity contribution is 7.89. The predicted molar refractivity (Wildman–Crippen MR) is 136 cm³/mol. The van der Waals surface area contributed by atoms with Crippen molar-refractivity contribution >= 4 is 38.9 Å². The van der Waals surface area contributed by atoms with Crippen LogP contribution in [0.25, 0.3) is 0 Å². The number of carbonyl (C=O) groups excluding carboxylic acids is 2. The number of thiophene rings is 1. The Morgan fingerprint density at radius 3 is 2.20 bits per heavy atom. The lowest BCUT2D eigenvalue weighted by Gasteiger charge is -2.28. The van der Waals surface area contributed by atoms with Crippen LogP contribution in [-0.2, 0) is 26.2 Å². The molecule has 9 heteroatoms. The molecule has 0 spiro atoms. The van der Waals surface area contributed by atoms with E-state index in [1.165, 1.54) is 22.8 Å². The number of imide groups is 1. The molecular formula is C26H28N2O5S2. The van der Waals surface area contributed by atoms with Crippen molar-refractivity contribution in [3.63, 3.8) is 0 Å². The Morgan fingerprint density at radius 2 is 1.66 bits per heavy atom. The molecule has 1 aliphatic heterocycles. The van der Waals surface area contributed by atoms with E-state index >= 15 is 0 Å². The van der Waals surface area contributed by atoms with E-state index in [0.29, 0.717) is 22.6 Å². The Morgan fingerprint density at radius 1 is 1.03 bits per heavy atom. The number of rotatable bonds is 7. The normalized spacial score (nSPS) is 16.4. The van der Waals surface area contributed by atoms with Crippen LogP contribution in [0.15, 0.2) is 52.7 Å². The monoisotopic (exact) mass is 512 g/mol. The van der Waals surface area contributed by atoms with Gasteiger partial charge in [-0.3, -0.25) is 9.59 Å². The molecule has 0 bridgehead atoms. The first kappa shape index (κ1) is 25.1. The molecule has 2 amide bonds. The molecule has 0 saturated carbocycles. The van der Waals surface area contributed by atoms with Gasteiger partial charge < -0.3 is 4.74 Å². The standard InChI is InChI=1S/C26H28N2O5S2/c1-16-13-17(2)19(4)25(18(16)3)35(31,32)27(15-22-7-6-12-34-22)23-14-24(29)28(26(23)30)20-8-10-21(33-5)11-9-20/h6-13,23H,14-15H2,1-5H3. The molecule has 1 fully saturated rings. The highest BCUT2D eigenvalue weighted by Gasteiger charge is 2.47. The van der Waals surface area contributed by atoms with Crippen molar-refractivity contribution in [1.29, 1.82) is 0 Å². The van der Waals surface area contributed by atoms with Crippen molar-refractivity contribution < 1.29 is 22.7 Å². The fourth-order valence-corrected chi connectivity index (χ4v) is 7.37. The number of aryl methyl sites for hydroxylation is 2. The molecule has 1 unspecified atom stereocenters. The van der Waals surface area contributed by atoms with Gasteiger partial charge in [0.1, 0.15) is 11.8 Å². The second-order valence-corrected chi connectivity index (χ2v) is 11.6. The number of hydrogen-bond donors (Lipinski definition) is 0. The fraction of sp³-hybridized carbons (Fsp3) is 0.308. The van der Waals surface area contributed by atoms with E-state index in [1.807, 2.05) is 37.4 Å². The topological polar surface area (TPSA) is 84.0 Å². The first-order valence-electron chi connectivity index (χ1n) is 11.2. The number of carbonyl (C=O) groups is 2. The second-order valence-electron chi connectivity index (χ2n) is 8.70. The molecule has 0 N–H and O–H groups in total. The van der Waals surface area contributed by atoms with Gasteiger partial charge in [-0.15, -0.1) is 11.3 Å². The Labute approximate surface area is 210 Å². The minimum atomic E-state index is -4.12. The molecule has 35 heavy (non-hydrogen) atoms. The first-order valence-corrected chi connectivity index (χ1v) is 13.5. The van der Waals surface area contributed by atoms with E-state index in [4.69, 9.17) is 4.74 Å². The largest absolute Gasteiger partial charge is 0.497 e. The molecule has 1 aromatic heterocycles. The van der Waals surface area contributed by atoms with Crippen molar-refractivity contribution in [1.82, 2.24) is 4.31 Å². The minimum absolute atomic E-state index is 0.00596. The van der Waals surface area contributed by atoms with Crippen molar-refractivity contribution in [2.45, 2.75) is 51.6 Å². The Bertz CT molecular complexity index is 1350. The maximum atomic E-state index is 14.2. The van der Waals surface area contributed by atoms with Crippen LogP contribution in [0, 0.1) is 27.7 Å². The number of methoxy groups -OCH3 is 1. The highest BCUT2D eigenvalue weighted by atomic mass is 32.2. The molecule has 1 aliphatic rings. The average Bonchev–Trinajstić information content (AvgIpc) is 3.43. The summed E-state index contributed by atoms with van der Waals surface area (Å²) >= 11 is 1.41. The van der Waals surface area contributed by atoms with Gasteiger partial charge in [0.15, 0.2) is 0 Å². The quantitative estimate of drug-likeness (QED) is 0.435. The molecule has 0 aliphatic carbocycles. The van der Waals surface area contributed by atoms with Crippen molar-refractivity contribution in [2.24, 2.45) is 0 Å². The van der Waals surface area contributed by atoms with Gasteiger partial charge in [-0.2, -0.15) is 4.31 Å². The molecule has 1 atom stereocenters. The summed E-state index contributed by atoms with van der Waals surface area (Å²) in [6.07, 6.45) is -0.224. The van der Waals surface area contributed by atoms with Crippen molar-refractivity contribution in [3.8, 4) is 5.75 Å². The third-order valence-electron chi connectivity index (χ3n) is 6.56. The van der Waals surface area contributed by atoms with Gasteiger partial charge in [0.2, 0.25) is 15.9 Å². The molecule has 2 aromatic carbocycles. The number of nitrogens with zero attached hydrogens (tertiary/aromatic N) is 2. The summed E-state index contributed by atoms with van der Waals surface area (Å²) in [4.78, 5) is 28.7. The van der Waals surface area contributed by atoms with E-state index in [9.17, 15) is 18.0 Å². The predicted octanol–water partition coefficient (Wildman–Crippen LogP) is 4.51. The molecule has 184 valence electrons. The zero-order valence-electron chi connectivity index (χ0n) is 20.4. The van der Waals surface area contributed by atoms with Crippen molar-refractivity contribution in [2.75, 3.05) is 12.0 Å². The maximum absolute atomic E-state index is 14.2. The zero-order chi connectivity index (χ0) is 25.5. The summed E-state index contributed by atoms with van der Waals surface area (Å²) in [5.41, 5.74) is 3.39. The van der Waals surface area contributed by atoms with E-state index < -0.39 is 27.9 Å². The van der Waals surface area contributed by atoms with E-state index in [2.05, 4.69) is 0 Å². The summed E-state index contributed by atoms with van der Waals surface area (Å²) < 4.78 is 34.8. The van der Waals surface area contributed by atoms with Gasteiger partial charge in [0, 0.05) is 11.4 Å². The molecular weight excluding hydrogens is 484 g/mol. The van der Waals surface area contributed by atoms with Crippen LogP contribution in [-0.4, -0.2) is 37.7 Å². The summed E-state index contributed by atoms with van der Waals surface area (Å²) in [5.74, 6) is -0.405. The number of hydrogen-bond acceptors (Lipinski definition) is 6. The van der Waals surface area contributed by atoms with Gasteiger partial charge >= 0.3 is 0 Å². The average molecular weight is 513 g/mol. The van der Waals surface area contributed by atoms with E-state index in [-0.39, 0.29) is 17.9 Å². The van der Waals surface area contributed by atoms with Gasteiger partial charge in [0.05, 0.1) is 24.1 Å². The van der Waals surface area contributed by atoms with Gasteiger partial charge in [-0.1, -0.05) is 12.1 Å². The number of sulfonamides is 1. The third kappa shape index (κ3) is 4.51. The van der Waals surface area contributed by atoms with E-state index in [0.717, 1.165) is 20.9 Å². The van der Waals surface area contributed by atoms with Gasteiger partial charge in [0.25, 0.3) is 5.91 Å². The lowest BCUT2D eigenvalue weighted by molar-refractivity contribution is -0.122. The van der Waals surface area contributed by atoms with Crippen LogP contribution in [0.2, 0.25) is 0 Å². The Hall–Kier alpha value is -3.01. The molecule has 3 aromatic rings. The lowest BCUT2D eigenvalue weighted by atomic mass is 10.0. The van der Waals surface area contributed by atoms with Gasteiger partial charge in [-0.25, -0.2) is 13.3 Å². The van der Waals surface area contributed by atoms with Crippen LogP contribution in [0.1, 0.15) is 33.6 Å². The number of anilines is 1. The van der Waals surface area contributed by atoms with Gasteiger partial charge in [-0.05, 0) is 85.7 Å². The van der Waals surface area contributed by atoms with Crippen LogP contribution in [0.4, 0.5) is 5.69 Å². The van der Waals surface area contributed by atoms with Crippen LogP contribution < -0.4 is 9.64 Å². The van der Waals surface area contributed by atoms with E-state index in [1.54, 1.807) is 38.1 Å². The molecule has 2 heterocycles. The summed E-state index contributed by atoms with van der Waals surface area (Å²) in [6, 6.07) is 11.0. The zero-order valence-corrected chi connectivity index (χ0v) is 22.0. The summed E-state index contributed by atoms with van der Waals surface area (Å²) in [6.45, 7) is 7.32. The molecule has 1 saturated heterocycles. The number of ether oxygens (including phenoxy) is 1. The maximum Gasteiger partial charge on any atom is 0.252 e. The summed E-state index contributed by atoms with van der Waals surface area (Å²) in [5, 5.41) is 1.86.